The van der Waals surface area contributed by atoms with Gasteiger partial charge >= 0.3 is 0 Å². The summed E-state index contributed by atoms with van der Waals surface area (Å²) >= 11 is 0. The van der Waals surface area contributed by atoms with E-state index >= 15 is 0 Å². The number of furan rings is 1. The van der Waals surface area contributed by atoms with E-state index in [-0.39, 0.29) is 17.7 Å². The molecule has 2 amide bonds. The maximum absolute atomic E-state index is 12.3. The van der Waals surface area contributed by atoms with Gasteiger partial charge in [-0.2, -0.15) is 0 Å². The summed E-state index contributed by atoms with van der Waals surface area (Å²) in [6.07, 6.45) is 4.05. The number of hydrogen-bond donors (Lipinski definition) is 0. The molecule has 0 saturated heterocycles. The van der Waals surface area contributed by atoms with Crippen molar-refractivity contribution in [1.82, 2.24) is 4.98 Å². The van der Waals surface area contributed by atoms with Crippen molar-refractivity contribution in [1.29, 1.82) is 0 Å². The van der Waals surface area contributed by atoms with Crippen LogP contribution in [0.2, 0.25) is 0 Å². The lowest BCUT2D eigenvalue weighted by atomic mass is 10.1. The van der Waals surface area contributed by atoms with Crippen molar-refractivity contribution in [2.24, 2.45) is 5.92 Å². The molecule has 0 N–H and O–H groups in total. The number of imide groups is 1. The Morgan fingerprint density at radius 1 is 1.40 bits per heavy atom. The van der Waals surface area contributed by atoms with Gasteiger partial charge in [0, 0.05) is 18.5 Å². The van der Waals surface area contributed by atoms with Crippen LogP contribution in [0.15, 0.2) is 29.0 Å². The van der Waals surface area contributed by atoms with Crippen LogP contribution in [-0.2, 0) is 9.59 Å². The number of pyridine rings is 1. The molecule has 0 atom stereocenters. The number of fused-ring (bicyclic) bond motifs is 1. The van der Waals surface area contributed by atoms with Gasteiger partial charge < -0.3 is 4.42 Å². The Hall–Kier alpha value is -2.17. The first-order valence-corrected chi connectivity index (χ1v) is 6.75. The molecule has 5 nitrogen and oxygen atoms in total. The average Bonchev–Trinajstić information content (AvgIpc) is 2.83. The third kappa shape index (κ3) is 2.57. The highest BCUT2D eigenvalue weighted by Gasteiger charge is 2.27. The Morgan fingerprint density at radius 3 is 2.80 bits per heavy atom. The molecule has 106 valence electrons. The molecule has 0 radical (unpaired) electrons. The quantitative estimate of drug-likeness (QED) is 0.859. The van der Waals surface area contributed by atoms with Crippen LogP contribution >= 0.6 is 0 Å². The predicted octanol–water partition coefficient (Wildman–Crippen LogP) is 3.14. The maximum Gasteiger partial charge on any atom is 0.236 e. The van der Waals surface area contributed by atoms with Gasteiger partial charge in [0.2, 0.25) is 17.5 Å². The van der Waals surface area contributed by atoms with Gasteiger partial charge in [-0.1, -0.05) is 20.8 Å². The zero-order valence-electron chi connectivity index (χ0n) is 11.9. The average molecular weight is 274 g/mol. The minimum atomic E-state index is -0.266. The number of aromatic nitrogens is 1. The standard InChI is InChI=1S/C15H18N2O3/c1-4-6-13(18)17(15(19)10(2)3)12-9-20-14-11(12)7-5-8-16-14/h5,7-10H,4,6H2,1-3H3. The first-order valence-electron chi connectivity index (χ1n) is 6.75. The van der Waals surface area contributed by atoms with Crippen LogP contribution in [0.5, 0.6) is 0 Å². The molecule has 5 heteroatoms. The van der Waals surface area contributed by atoms with Crippen molar-refractivity contribution in [3.05, 3.63) is 24.6 Å². The number of nitrogens with zero attached hydrogens (tertiary/aromatic N) is 2. The summed E-state index contributed by atoms with van der Waals surface area (Å²) in [7, 11) is 0. The molecule has 0 aliphatic heterocycles. The van der Waals surface area contributed by atoms with Crippen LogP contribution < -0.4 is 4.90 Å². The monoisotopic (exact) mass is 274 g/mol. The van der Waals surface area contributed by atoms with Crippen LogP contribution in [0.4, 0.5) is 5.69 Å². The van der Waals surface area contributed by atoms with Crippen LogP contribution in [0.1, 0.15) is 33.6 Å². The number of hydrogen-bond acceptors (Lipinski definition) is 4. The first-order chi connectivity index (χ1) is 9.56. The van der Waals surface area contributed by atoms with E-state index < -0.39 is 0 Å². The molecule has 0 fully saturated rings. The van der Waals surface area contributed by atoms with E-state index in [9.17, 15) is 9.59 Å². The highest BCUT2D eigenvalue weighted by molar-refractivity contribution is 6.18. The second kappa shape index (κ2) is 5.86. The highest BCUT2D eigenvalue weighted by Crippen LogP contribution is 2.29. The molecule has 0 saturated carbocycles. The van der Waals surface area contributed by atoms with Crippen molar-refractivity contribution in [2.45, 2.75) is 33.6 Å². The second-order valence-electron chi connectivity index (χ2n) is 4.95. The van der Waals surface area contributed by atoms with Gasteiger partial charge in [0.1, 0.15) is 6.26 Å². The zero-order chi connectivity index (χ0) is 14.7. The topological polar surface area (TPSA) is 63.4 Å². The van der Waals surface area contributed by atoms with Gasteiger partial charge in [-0.3, -0.25) is 9.59 Å². The van der Waals surface area contributed by atoms with E-state index in [0.29, 0.717) is 29.6 Å². The normalized spacial score (nSPS) is 11.0. The van der Waals surface area contributed by atoms with E-state index in [0.717, 1.165) is 0 Å². The third-order valence-corrected chi connectivity index (χ3v) is 3.00. The van der Waals surface area contributed by atoms with Crippen LogP contribution in [-0.4, -0.2) is 16.8 Å². The van der Waals surface area contributed by atoms with Crippen molar-refractivity contribution in [2.75, 3.05) is 4.90 Å². The van der Waals surface area contributed by atoms with Gasteiger partial charge in [-0.25, -0.2) is 9.88 Å². The lowest BCUT2D eigenvalue weighted by molar-refractivity contribution is -0.128. The largest absolute Gasteiger partial charge is 0.444 e. The molecule has 2 heterocycles. The molecular formula is C15H18N2O3. The van der Waals surface area contributed by atoms with Crippen molar-refractivity contribution < 1.29 is 14.0 Å². The number of rotatable bonds is 4. The van der Waals surface area contributed by atoms with Gasteiger partial charge in [0.15, 0.2) is 0 Å². The lowest BCUT2D eigenvalue weighted by Crippen LogP contribution is -2.39. The van der Waals surface area contributed by atoms with Crippen LogP contribution in [0, 0.1) is 5.92 Å². The molecule has 0 aromatic carbocycles. The van der Waals surface area contributed by atoms with Gasteiger partial charge in [-0.05, 0) is 18.6 Å². The zero-order valence-corrected chi connectivity index (χ0v) is 11.9. The summed E-state index contributed by atoms with van der Waals surface area (Å²) in [6.45, 7) is 5.45. The molecule has 20 heavy (non-hydrogen) atoms. The smallest absolute Gasteiger partial charge is 0.236 e. The van der Waals surface area contributed by atoms with E-state index in [4.69, 9.17) is 4.42 Å². The molecule has 0 spiro atoms. The summed E-state index contributed by atoms with van der Waals surface area (Å²) in [5.74, 6) is -0.704. The molecule has 2 aromatic rings. The number of carbonyl (C=O) groups is 2. The van der Waals surface area contributed by atoms with Gasteiger partial charge in [0.25, 0.3) is 0 Å². The number of carbonyl (C=O) groups excluding carboxylic acids is 2. The first kappa shape index (κ1) is 14.2. The van der Waals surface area contributed by atoms with Crippen molar-refractivity contribution >= 4 is 28.6 Å². The fourth-order valence-electron chi connectivity index (χ4n) is 1.99. The maximum atomic E-state index is 12.3. The Labute approximate surface area is 117 Å². The SMILES string of the molecule is CCCC(=O)N(C(=O)C(C)C)c1coc2ncccc12. The summed E-state index contributed by atoms with van der Waals surface area (Å²) in [5.41, 5.74) is 0.901. The van der Waals surface area contributed by atoms with Crippen molar-refractivity contribution in [3.63, 3.8) is 0 Å². The van der Waals surface area contributed by atoms with Crippen LogP contribution in [0.3, 0.4) is 0 Å². The lowest BCUT2D eigenvalue weighted by Gasteiger charge is -2.21. The summed E-state index contributed by atoms with van der Waals surface area (Å²) in [5, 5.41) is 0.672. The minimum Gasteiger partial charge on any atom is -0.444 e. The number of amides is 2. The fraction of sp³-hybridized carbons (Fsp3) is 0.400. The van der Waals surface area contributed by atoms with E-state index in [1.807, 2.05) is 6.92 Å². The molecule has 0 unspecified atom stereocenters. The fourth-order valence-corrected chi connectivity index (χ4v) is 1.99. The Bertz CT molecular complexity index is 631. The second-order valence-corrected chi connectivity index (χ2v) is 4.95. The molecular weight excluding hydrogens is 256 g/mol. The number of anilines is 1. The Kier molecular flexibility index (Phi) is 4.17. The molecule has 0 bridgehead atoms. The molecule has 0 aliphatic rings. The van der Waals surface area contributed by atoms with Crippen LogP contribution in [0.25, 0.3) is 11.1 Å². The summed E-state index contributed by atoms with van der Waals surface area (Å²) in [6, 6.07) is 3.55. The highest BCUT2D eigenvalue weighted by atomic mass is 16.3. The third-order valence-electron chi connectivity index (χ3n) is 3.00. The minimum absolute atomic E-state index is 0.210. The Balaban J connectivity index is 2.50. The molecule has 0 aliphatic carbocycles. The van der Waals surface area contributed by atoms with E-state index in [1.165, 1.54) is 11.2 Å². The molecule has 2 rings (SSSR count). The van der Waals surface area contributed by atoms with E-state index in [2.05, 4.69) is 4.98 Å². The summed E-state index contributed by atoms with van der Waals surface area (Å²) < 4.78 is 5.33. The van der Waals surface area contributed by atoms with Gasteiger partial charge in [-0.15, -0.1) is 0 Å². The predicted molar refractivity (Wildman–Crippen MR) is 76.2 cm³/mol. The Morgan fingerprint density at radius 2 is 2.15 bits per heavy atom. The van der Waals surface area contributed by atoms with E-state index in [1.54, 1.807) is 32.2 Å². The summed E-state index contributed by atoms with van der Waals surface area (Å²) in [4.78, 5) is 29.9. The molecule has 2 aromatic heterocycles. The van der Waals surface area contributed by atoms with Gasteiger partial charge in [0.05, 0.1) is 11.1 Å². The van der Waals surface area contributed by atoms with Crippen molar-refractivity contribution in [3.8, 4) is 0 Å².